The second kappa shape index (κ2) is 10.7. The number of aliphatic imine (C=N–C) groups is 1. The summed E-state index contributed by atoms with van der Waals surface area (Å²) in [5.41, 5.74) is 5.18. The summed E-state index contributed by atoms with van der Waals surface area (Å²) >= 11 is 0. The number of rotatable bonds is 2. The number of aryl methyl sites for hydroxylation is 2. The van der Waals surface area contributed by atoms with Gasteiger partial charge in [-0.25, -0.2) is 4.68 Å². The minimum atomic E-state index is -2.43. The number of anilines is 3. The number of nitrogens with one attached hydrogen (secondary N) is 2. The van der Waals surface area contributed by atoms with E-state index in [0.717, 1.165) is 66.2 Å². The van der Waals surface area contributed by atoms with E-state index < -0.39 is 10.1 Å². The van der Waals surface area contributed by atoms with Gasteiger partial charge in [0.1, 0.15) is 0 Å². The SMILES string of the molecule is Cc1cc2cc(n1)-c1cnn(C)c1OCCC[C@@H](C)CN1/C(=N/C2=O)Nc2ccc(N[SH]3(=O)CCCCC3)cc21. The minimum absolute atomic E-state index is 0.297. The van der Waals surface area contributed by atoms with Crippen molar-refractivity contribution in [2.75, 3.05) is 39.6 Å². The average molecular weight is 564 g/mol. The van der Waals surface area contributed by atoms with Gasteiger partial charge in [-0.1, -0.05) is 13.3 Å². The molecule has 1 aromatic carbocycles. The Kier molecular flexibility index (Phi) is 7.07. The Bertz CT molecular complexity index is 1520. The molecular weight excluding hydrogens is 526 g/mol. The van der Waals surface area contributed by atoms with Crippen LogP contribution in [0.25, 0.3) is 11.3 Å². The molecule has 2 N–H and O–H groups in total. The van der Waals surface area contributed by atoms with Crippen LogP contribution in [0.2, 0.25) is 0 Å². The fourth-order valence-corrected chi connectivity index (χ4v) is 8.27. The first-order chi connectivity index (χ1) is 19.3. The van der Waals surface area contributed by atoms with Crippen molar-refractivity contribution >= 4 is 39.0 Å². The summed E-state index contributed by atoms with van der Waals surface area (Å²) in [6, 6.07) is 9.47. The van der Waals surface area contributed by atoms with Gasteiger partial charge in [0, 0.05) is 42.0 Å². The minimum Gasteiger partial charge on any atom is -0.477 e. The van der Waals surface area contributed by atoms with Crippen molar-refractivity contribution in [3.8, 4) is 17.1 Å². The fraction of sp³-hybridized carbons (Fsp3) is 0.448. The van der Waals surface area contributed by atoms with Gasteiger partial charge in [0.05, 0.1) is 35.4 Å². The molecule has 5 heterocycles. The number of carbonyl (C=O) groups is 1. The topological polar surface area (TPSA) is 114 Å². The first-order valence-electron chi connectivity index (χ1n) is 14.1. The van der Waals surface area contributed by atoms with Crippen LogP contribution >= 0.6 is 0 Å². The van der Waals surface area contributed by atoms with Crippen LogP contribution in [-0.4, -0.2) is 55.5 Å². The molecule has 10 nitrogen and oxygen atoms in total. The number of thiol groups is 1. The number of hydrogen-bond donors (Lipinski definition) is 3. The van der Waals surface area contributed by atoms with E-state index in [9.17, 15) is 9.00 Å². The number of ether oxygens (including phenoxy) is 1. The van der Waals surface area contributed by atoms with E-state index in [1.165, 1.54) is 0 Å². The van der Waals surface area contributed by atoms with Crippen LogP contribution in [-0.2, 0) is 17.2 Å². The molecular formula is C29H37N7O3S. The zero-order valence-electron chi connectivity index (χ0n) is 23.3. The van der Waals surface area contributed by atoms with Gasteiger partial charge in [-0.15, -0.1) is 0 Å². The van der Waals surface area contributed by atoms with Crippen molar-refractivity contribution in [2.24, 2.45) is 18.0 Å². The van der Waals surface area contributed by atoms with Crippen molar-refractivity contribution in [3.63, 3.8) is 0 Å². The Morgan fingerprint density at radius 2 is 1.95 bits per heavy atom. The molecule has 212 valence electrons. The first kappa shape index (κ1) is 26.5. The largest absolute Gasteiger partial charge is 0.477 e. The molecule has 2 aromatic heterocycles. The molecule has 6 rings (SSSR count). The normalized spacial score (nSPS) is 22.7. The van der Waals surface area contributed by atoms with Crippen LogP contribution in [0.5, 0.6) is 5.88 Å². The van der Waals surface area contributed by atoms with E-state index in [-0.39, 0.29) is 5.91 Å². The third-order valence-corrected chi connectivity index (χ3v) is 10.5. The highest BCUT2D eigenvalue weighted by molar-refractivity contribution is 8.04. The van der Waals surface area contributed by atoms with Crippen LogP contribution in [0.15, 0.2) is 41.5 Å². The Morgan fingerprint density at radius 1 is 1.12 bits per heavy atom. The Balaban J connectivity index is 1.37. The highest BCUT2D eigenvalue weighted by Gasteiger charge is 2.29. The average Bonchev–Trinajstić information content (AvgIpc) is 3.45. The second-order valence-corrected chi connectivity index (χ2v) is 14.1. The molecule has 0 aliphatic carbocycles. The number of aromatic nitrogens is 3. The third kappa shape index (κ3) is 5.34. The van der Waals surface area contributed by atoms with Crippen LogP contribution in [0.1, 0.15) is 55.1 Å². The van der Waals surface area contributed by atoms with Crippen molar-refractivity contribution in [1.29, 1.82) is 0 Å². The van der Waals surface area contributed by atoms with E-state index in [0.29, 0.717) is 47.9 Å². The summed E-state index contributed by atoms with van der Waals surface area (Å²) in [4.78, 5) is 24.9. The number of amides is 1. The third-order valence-electron chi connectivity index (χ3n) is 7.80. The molecule has 1 saturated heterocycles. The number of benzene rings is 1. The lowest BCUT2D eigenvalue weighted by Crippen LogP contribution is -2.35. The van der Waals surface area contributed by atoms with Gasteiger partial charge in [-0.2, -0.15) is 10.1 Å². The highest BCUT2D eigenvalue weighted by Crippen LogP contribution is 2.37. The molecule has 40 heavy (non-hydrogen) atoms. The van der Waals surface area contributed by atoms with Gasteiger partial charge < -0.3 is 19.7 Å². The molecule has 1 atom stereocenters. The lowest BCUT2D eigenvalue weighted by Gasteiger charge is -2.30. The summed E-state index contributed by atoms with van der Waals surface area (Å²) in [5.74, 6) is 2.55. The monoisotopic (exact) mass is 563 g/mol. The van der Waals surface area contributed by atoms with Gasteiger partial charge in [0.2, 0.25) is 11.8 Å². The molecule has 1 fully saturated rings. The lowest BCUT2D eigenvalue weighted by atomic mass is 10.1. The van der Waals surface area contributed by atoms with E-state index in [1.807, 2.05) is 32.2 Å². The van der Waals surface area contributed by atoms with Crippen molar-refractivity contribution in [2.45, 2.75) is 46.0 Å². The molecule has 2 bridgehead atoms. The van der Waals surface area contributed by atoms with E-state index >= 15 is 0 Å². The maximum absolute atomic E-state index is 13.5. The molecule has 3 aliphatic heterocycles. The fourth-order valence-electron chi connectivity index (χ4n) is 5.74. The van der Waals surface area contributed by atoms with Crippen molar-refractivity contribution in [1.82, 2.24) is 14.8 Å². The van der Waals surface area contributed by atoms with Crippen LogP contribution in [0.3, 0.4) is 0 Å². The Morgan fingerprint density at radius 3 is 2.77 bits per heavy atom. The Labute approximate surface area is 235 Å². The molecule has 0 unspecified atom stereocenters. The molecule has 0 radical (unpaired) electrons. The molecule has 3 aromatic rings. The number of carbonyl (C=O) groups excluding carboxylic acids is 1. The zero-order valence-corrected chi connectivity index (χ0v) is 24.2. The van der Waals surface area contributed by atoms with Crippen LogP contribution in [0, 0.1) is 12.8 Å². The molecule has 0 saturated carbocycles. The number of nitrogens with zero attached hydrogens (tertiary/aromatic N) is 5. The summed E-state index contributed by atoms with van der Waals surface area (Å²) in [6.07, 6.45) is 6.66. The number of guanidine groups is 1. The van der Waals surface area contributed by atoms with Crippen LogP contribution in [0.4, 0.5) is 17.1 Å². The summed E-state index contributed by atoms with van der Waals surface area (Å²) in [7, 11) is -0.588. The highest BCUT2D eigenvalue weighted by atomic mass is 32.3. The standard InChI is InChI=1S/C29H37N7O3S/c1-19-8-7-11-39-28-23(17-30-35(28)3)25-15-21(14-20(2)31-25)27(37)33-29-32-24-10-9-22(16-26(24)36(29)18-19)34-40(38)12-5-4-6-13-40/h9-10,14-17,19,40H,4-8,11-13,18H2,1-3H3,(H,34,38)(H,32,33,37)/t19-/m1/s1. The predicted octanol–water partition coefficient (Wildman–Crippen LogP) is 4.56. The molecule has 11 heteroatoms. The Hall–Kier alpha value is -3.73. The number of pyridine rings is 1. The quantitative estimate of drug-likeness (QED) is 0.392. The van der Waals surface area contributed by atoms with Gasteiger partial charge >= 0.3 is 0 Å². The van der Waals surface area contributed by atoms with Crippen LogP contribution < -0.4 is 19.7 Å². The predicted molar refractivity (Wildman–Crippen MR) is 161 cm³/mol. The van der Waals surface area contributed by atoms with Gasteiger partial charge in [-0.3, -0.25) is 14.0 Å². The lowest BCUT2D eigenvalue weighted by molar-refractivity contribution is 0.100. The summed E-state index contributed by atoms with van der Waals surface area (Å²) in [6.45, 7) is 5.28. The van der Waals surface area contributed by atoms with Gasteiger partial charge in [0.25, 0.3) is 5.91 Å². The number of hydrogen-bond acceptors (Lipinski definition) is 7. The summed E-state index contributed by atoms with van der Waals surface area (Å²) in [5, 5.41) is 7.74. The second-order valence-electron chi connectivity index (χ2n) is 11.2. The van der Waals surface area contributed by atoms with E-state index in [1.54, 1.807) is 23.0 Å². The van der Waals surface area contributed by atoms with Gasteiger partial charge in [-0.05, 0) is 79.0 Å². The number of fused-ring (bicyclic) bond motifs is 7. The van der Waals surface area contributed by atoms with E-state index in [4.69, 9.17) is 4.74 Å². The van der Waals surface area contributed by atoms with Crippen molar-refractivity contribution < 1.29 is 13.7 Å². The van der Waals surface area contributed by atoms with E-state index in [2.05, 4.69) is 36.9 Å². The molecule has 1 amide bonds. The maximum atomic E-state index is 13.5. The molecule has 0 spiro atoms. The molecule has 3 aliphatic rings. The summed E-state index contributed by atoms with van der Waals surface area (Å²) < 4.78 is 24.6. The van der Waals surface area contributed by atoms with Gasteiger partial charge in [0.15, 0.2) is 0 Å². The zero-order chi connectivity index (χ0) is 27.9. The van der Waals surface area contributed by atoms with Crippen molar-refractivity contribution in [3.05, 3.63) is 47.8 Å². The maximum Gasteiger partial charge on any atom is 0.280 e. The first-order valence-corrected chi connectivity index (χ1v) is 16.2. The smallest absolute Gasteiger partial charge is 0.280 e.